The predicted molar refractivity (Wildman–Crippen MR) is 56.7 cm³/mol. The summed E-state index contributed by atoms with van der Waals surface area (Å²) < 4.78 is 0. The minimum Gasteiger partial charge on any atom is -0.345 e. The summed E-state index contributed by atoms with van der Waals surface area (Å²) in [7, 11) is 0. The number of carbonyl (C=O) groups excluding carboxylic acids is 1. The van der Waals surface area contributed by atoms with Crippen molar-refractivity contribution in [3.63, 3.8) is 0 Å². The van der Waals surface area contributed by atoms with Gasteiger partial charge in [-0.2, -0.15) is 0 Å². The standard InChI is InChI=1S/C11H18N2O/c1-3-4-8-13-10(14)11(2)6-5-7-12-9-11/h12H,5-9H2,1-2H3,(H,13,14). The highest BCUT2D eigenvalue weighted by atomic mass is 16.2. The average Bonchev–Trinajstić information content (AvgIpc) is 2.19. The molecule has 2 N–H and O–H groups in total. The van der Waals surface area contributed by atoms with Gasteiger partial charge in [-0.3, -0.25) is 4.79 Å². The Morgan fingerprint density at radius 3 is 3.00 bits per heavy atom. The molecule has 1 atom stereocenters. The van der Waals surface area contributed by atoms with Gasteiger partial charge in [0.2, 0.25) is 5.91 Å². The van der Waals surface area contributed by atoms with Crippen molar-refractivity contribution in [3.8, 4) is 11.8 Å². The van der Waals surface area contributed by atoms with Gasteiger partial charge < -0.3 is 10.6 Å². The van der Waals surface area contributed by atoms with Crippen LogP contribution >= 0.6 is 0 Å². The van der Waals surface area contributed by atoms with Crippen LogP contribution in [0.3, 0.4) is 0 Å². The van der Waals surface area contributed by atoms with Crippen molar-refractivity contribution in [2.24, 2.45) is 5.41 Å². The molecule has 0 radical (unpaired) electrons. The third-order valence-electron chi connectivity index (χ3n) is 2.66. The topological polar surface area (TPSA) is 41.1 Å². The van der Waals surface area contributed by atoms with Gasteiger partial charge in [0.1, 0.15) is 0 Å². The Kier molecular flexibility index (Phi) is 3.97. The number of amides is 1. The maximum Gasteiger partial charge on any atom is 0.227 e. The van der Waals surface area contributed by atoms with E-state index in [4.69, 9.17) is 0 Å². The maximum absolute atomic E-state index is 11.8. The van der Waals surface area contributed by atoms with Gasteiger partial charge in [-0.05, 0) is 33.2 Å². The van der Waals surface area contributed by atoms with Crippen LogP contribution in [0.25, 0.3) is 0 Å². The normalized spacial score (nSPS) is 26.1. The van der Waals surface area contributed by atoms with Crippen molar-refractivity contribution in [1.82, 2.24) is 10.6 Å². The monoisotopic (exact) mass is 194 g/mol. The first-order chi connectivity index (χ1) is 6.69. The van der Waals surface area contributed by atoms with Crippen LogP contribution in [0.5, 0.6) is 0 Å². The molecule has 3 heteroatoms. The molecule has 0 aromatic carbocycles. The predicted octanol–water partition coefficient (Wildman–Crippen LogP) is 0.516. The fourth-order valence-electron chi connectivity index (χ4n) is 1.68. The molecule has 1 amide bonds. The van der Waals surface area contributed by atoms with E-state index in [1.165, 1.54) is 0 Å². The van der Waals surface area contributed by atoms with Crippen LogP contribution in [0, 0.1) is 17.3 Å². The Hall–Kier alpha value is -1.01. The lowest BCUT2D eigenvalue weighted by Crippen LogP contribution is -2.48. The minimum atomic E-state index is -0.242. The molecular weight excluding hydrogens is 176 g/mol. The Balaban J connectivity index is 2.43. The molecule has 1 saturated heterocycles. The van der Waals surface area contributed by atoms with Gasteiger partial charge in [0.05, 0.1) is 12.0 Å². The zero-order chi connectivity index (χ0) is 10.4. The van der Waals surface area contributed by atoms with E-state index in [1.807, 2.05) is 6.92 Å². The molecule has 1 fully saturated rings. The summed E-state index contributed by atoms with van der Waals surface area (Å²) in [5, 5.41) is 6.09. The van der Waals surface area contributed by atoms with Crippen molar-refractivity contribution in [2.45, 2.75) is 26.7 Å². The molecule has 0 bridgehead atoms. The van der Waals surface area contributed by atoms with Crippen molar-refractivity contribution >= 4 is 5.91 Å². The zero-order valence-corrected chi connectivity index (χ0v) is 8.94. The number of hydrogen-bond acceptors (Lipinski definition) is 2. The molecule has 1 rings (SSSR count). The van der Waals surface area contributed by atoms with Crippen LogP contribution in [-0.4, -0.2) is 25.5 Å². The van der Waals surface area contributed by atoms with E-state index in [-0.39, 0.29) is 11.3 Å². The number of carbonyl (C=O) groups is 1. The van der Waals surface area contributed by atoms with Crippen LogP contribution in [0.4, 0.5) is 0 Å². The Labute approximate surface area is 85.6 Å². The Morgan fingerprint density at radius 1 is 1.64 bits per heavy atom. The molecule has 1 unspecified atom stereocenters. The first-order valence-electron chi connectivity index (χ1n) is 5.08. The van der Waals surface area contributed by atoms with E-state index in [0.29, 0.717) is 6.54 Å². The largest absolute Gasteiger partial charge is 0.345 e. The zero-order valence-electron chi connectivity index (χ0n) is 8.94. The van der Waals surface area contributed by atoms with E-state index in [1.54, 1.807) is 6.92 Å². The molecule has 0 aromatic rings. The van der Waals surface area contributed by atoms with Crippen molar-refractivity contribution < 1.29 is 4.79 Å². The fourth-order valence-corrected chi connectivity index (χ4v) is 1.68. The second-order valence-corrected chi connectivity index (χ2v) is 3.95. The molecule has 14 heavy (non-hydrogen) atoms. The number of rotatable bonds is 2. The van der Waals surface area contributed by atoms with Gasteiger partial charge in [-0.15, -0.1) is 5.92 Å². The van der Waals surface area contributed by atoms with Crippen molar-refractivity contribution in [1.29, 1.82) is 0 Å². The van der Waals surface area contributed by atoms with Crippen LogP contribution in [-0.2, 0) is 4.79 Å². The molecule has 0 saturated carbocycles. The van der Waals surface area contributed by atoms with Gasteiger partial charge in [0.25, 0.3) is 0 Å². The summed E-state index contributed by atoms with van der Waals surface area (Å²) in [6, 6.07) is 0. The van der Waals surface area contributed by atoms with Crippen LogP contribution < -0.4 is 10.6 Å². The van der Waals surface area contributed by atoms with E-state index < -0.39 is 0 Å². The quantitative estimate of drug-likeness (QED) is 0.629. The third-order valence-corrected chi connectivity index (χ3v) is 2.66. The van der Waals surface area contributed by atoms with Gasteiger partial charge in [-0.1, -0.05) is 5.92 Å². The first kappa shape index (κ1) is 11.1. The van der Waals surface area contributed by atoms with E-state index in [2.05, 4.69) is 22.5 Å². The Bertz CT molecular complexity index is 256. The lowest BCUT2D eigenvalue weighted by Gasteiger charge is -2.32. The smallest absolute Gasteiger partial charge is 0.227 e. The van der Waals surface area contributed by atoms with E-state index >= 15 is 0 Å². The Morgan fingerprint density at radius 2 is 2.43 bits per heavy atom. The number of hydrogen-bond donors (Lipinski definition) is 2. The molecular formula is C11H18N2O. The SMILES string of the molecule is CC#CCNC(=O)C1(C)CCCNC1. The second-order valence-electron chi connectivity index (χ2n) is 3.95. The summed E-state index contributed by atoms with van der Waals surface area (Å²) in [6.07, 6.45) is 2.04. The summed E-state index contributed by atoms with van der Waals surface area (Å²) in [4.78, 5) is 11.8. The van der Waals surface area contributed by atoms with E-state index in [9.17, 15) is 4.79 Å². The lowest BCUT2D eigenvalue weighted by atomic mass is 9.82. The van der Waals surface area contributed by atoms with Gasteiger partial charge in [0.15, 0.2) is 0 Å². The van der Waals surface area contributed by atoms with Crippen LogP contribution in [0.15, 0.2) is 0 Å². The second kappa shape index (κ2) is 5.02. The molecule has 1 aliphatic rings. The highest BCUT2D eigenvalue weighted by Crippen LogP contribution is 2.25. The van der Waals surface area contributed by atoms with E-state index in [0.717, 1.165) is 25.9 Å². The summed E-state index contributed by atoms with van der Waals surface area (Å²) in [6.45, 7) is 6.05. The van der Waals surface area contributed by atoms with Crippen LogP contribution in [0.2, 0.25) is 0 Å². The molecule has 1 heterocycles. The molecule has 0 aromatic heterocycles. The van der Waals surface area contributed by atoms with Crippen LogP contribution in [0.1, 0.15) is 26.7 Å². The first-order valence-corrected chi connectivity index (χ1v) is 5.08. The van der Waals surface area contributed by atoms with Crippen molar-refractivity contribution in [2.75, 3.05) is 19.6 Å². The van der Waals surface area contributed by atoms with Gasteiger partial charge in [-0.25, -0.2) is 0 Å². The lowest BCUT2D eigenvalue weighted by molar-refractivity contribution is -0.130. The number of piperidine rings is 1. The highest BCUT2D eigenvalue weighted by Gasteiger charge is 2.33. The maximum atomic E-state index is 11.8. The van der Waals surface area contributed by atoms with Gasteiger partial charge in [0, 0.05) is 6.54 Å². The molecule has 78 valence electrons. The van der Waals surface area contributed by atoms with Gasteiger partial charge >= 0.3 is 0 Å². The molecule has 0 spiro atoms. The summed E-state index contributed by atoms with van der Waals surface area (Å²) in [5.74, 6) is 5.71. The highest BCUT2D eigenvalue weighted by molar-refractivity contribution is 5.82. The minimum absolute atomic E-state index is 0.118. The number of nitrogens with one attached hydrogen (secondary N) is 2. The molecule has 1 aliphatic heterocycles. The summed E-state index contributed by atoms with van der Waals surface area (Å²) >= 11 is 0. The molecule has 0 aliphatic carbocycles. The van der Waals surface area contributed by atoms with Crippen molar-refractivity contribution in [3.05, 3.63) is 0 Å². The summed E-state index contributed by atoms with van der Waals surface area (Å²) in [5.41, 5.74) is -0.242. The molecule has 3 nitrogen and oxygen atoms in total. The third kappa shape index (κ3) is 2.74. The average molecular weight is 194 g/mol. The fraction of sp³-hybridized carbons (Fsp3) is 0.727.